The van der Waals surface area contributed by atoms with E-state index in [9.17, 15) is 0 Å². The van der Waals surface area contributed by atoms with Crippen LogP contribution in [0.15, 0.2) is 121 Å². The molecular formula is C30H25ClSiZr-2. The van der Waals surface area contributed by atoms with E-state index in [1.54, 1.807) is 21.5 Å². The maximum Gasteiger partial charge on any atom is -1.00 e. The number of fused-ring (bicyclic) bond motifs is 2. The number of hydrogen-bond acceptors (Lipinski definition) is 0. The molecule has 0 aliphatic heterocycles. The topological polar surface area (TPSA) is 0 Å². The third-order valence-electron chi connectivity index (χ3n) is 6.68. The number of rotatable bonds is 4. The quantitative estimate of drug-likeness (QED) is 0.350. The zero-order valence-corrected chi connectivity index (χ0v) is 22.4. The maximum atomic E-state index is 2.56. The standard InChI is InChI=1S/C12H10Si.2C9H7.ClH.Zr.H/c1-3-7-11(8-4-1)13-12-9-5-2-6-10-12;2*1-2-5-9-7-3-6-8(9)4-1;;;/h1-10H;2*1-7H;1H;;/q;;;;;-1/p-1. The minimum atomic E-state index is -2.26. The molecule has 33 heavy (non-hydrogen) atoms. The summed E-state index contributed by atoms with van der Waals surface area (Å²) >= 11 is -2.26. The van der Waals surface area contributed by atoms with Crippen LogP contribution < -0.4 is 22.8 Å². The van der Waals surface area contributed by atoms with Gasteiger partial charge in [-0.15, -0.1) is 0 Å². The Labute approximate surface area is 211 Å². The molecule has 0 saturated carbocycles. The molecule has 3 heteroatoms. The van der Waals surface area contributed by atoms with E-state index >= 15 is 0 Å². The van der Waals surface area contributed by atoms with Crippen LogP contribution in [0.2, 0.25) is 0 Å². The summed E-state index contributed by atoms with van der Waals surface area (Å²) in [6, 6.07) is 41.1. The Morgan fingerprint density at radius 3 is 1.36 bits per heavy atom. The van der Waals surface area contributed by atoms with Crippen molar-refractivity contribution in [3.8, 4) is 0 Å². The summed E-state index contributed by atoms with van der Waals surface area (Å²) < 4.78 is 1.20. The number of hydrogen-bond donors (Lipinski definition) is 0. The Kier molecular flexibility index (Phi) is 6.79. The molecule has 2 atom stereocenters. The molecule has 0 heterocycles. The smallest absolute Gasteiger partial charge is 1.00 e. The maximum absolute atomic E-state index is 2.56. The molecular weight excluding hydrogens is 515 g/mol. The van der Waals surface area contributed by atoms with Crippen molar-refractivity contribution in [1.29, 1.82) is 0 Å². The number of halogens is 1. The molecule has 0 nitrogen and oxygen atoms in total. The monoisotopic (exact) mass is 538 g/mol. The Balaban J connectivity index is 0.00000137. The van der Waals surface area contributed by atoms with Crippen LogP contribution in [0.25, 0.3) is 12.2 Å². The molecule has 2 aliphatic carbocycles. The molecule has 0 aromatic heterocycles. The predicted molar refractivity (Wildman–Crippen MR) is 135 cm³/mol. The van der Waals surface area contributed by atoms with Crippen molar-refractivity contribution >= 4 is 28.0 Å². The fourth-order valence-electron chi connectivity index (χ4n) is 5.26. The molecule has 0 amide bonds. The first-order valence-corrected chi connectivity index (χ1v) is 19.3. The fraction of sp³-hybridized carbons (Fsp3) is 0.0667. The van der Waals surface area contributed by atoms with Gasteiger partial charge in [0.05, 0.1) is 0 Å². The second-order valence-corrected chi connectivity index (χ2v) is 22.8. The van der Waals surface area contributed by atoms with Gasteiger partial charge in [0.2, 0.25) is 0 Å². The molecule has 2 unspecified atom stereocenters. The first kappa shape index (κ1) is 22.5. The van der Waals surface area contributed by atoms with Crippen LogP contribution in [-0.2, 0) is 20.4 Å². The van der Waals surface area contributed by atoms with Gasteiger partial charge < -0.3 is 13.8 Å². The normalized spacial score (nSPS) is 17.2. The average molecular weight is 540 g/mol. The minimum absolute atomic E-state index is 0. The molecule has 6 rings (SSSR count). The van der Waals surface area contributed by atoms with E-state index in [-0.39, 0.29) is 13.8 Å². The van der Waals surface area contributed by atoms with Gasteiger partial charge in [-0.2, -0.15) is 0 Å². The van der Waals surface area contributed by atoms with E-state index in [0.717, 1.165) is 0 Å². The van der Waals surface area contributed by atoms with Crippen molar-refractivity contribution in [2.75, 3.05) is 0 Å². The van der Waals surface area contributed by atoms with Gasteiger partial charge in [0, 0.05) is 0 Å². The molecule has 0 fully saturated rings. The van der Waals surface area contributed by atoms with Crippen LogP contribution >= 0.6 is 0 Å². The van der Waals surface area contributed by atoms with E-state index in [2.05, 4.69) is 133 Å². The van der Waals surface area contributed by atoms with E-state index < -0.39 is 25.8 Å². The van der Waals surface area contributed by atoms with Crippen LogP contribution in [0.4, 0.5) is 0 Å². The molecule has 0 radical (unpaired) electrons. The van der Waals surface area contributed by atoms with E-state index in [1.807, 2.05) is 0 Å². The van der Waals surface area contributed by atoms with Crippen LogP contribution in [0.1, 0.15) is 30.9 Å². The summed E-state index contributed by atoms with van der Waals surface area (Å²) in [6.45, 7) is 0. The van der Waals surface area contributed by atoms with Crippen molar-refractivity contribution in [2.45, 2.75) is 7.25 Å². The predicted octanol–water partition coefficient (Wildman–Crippen LogP) is 3.06. The van der Waals surface area contributed by atoms with Gasteiger partial charge >= 0.3 is 199 Å². The molecule has 162 valence electrons. The fourth-order valence-corrected chi connectivity index (χ4v) is 28.3. The van der Waals surface area contributed by atoms with Crippen molar-refractivity contribution in [2.24, 2.45) is 0 Å². The summed E-state index contributed by atoms with van der Waals surface area (Å²) in [7, 11) is 0. The van der Waals surface area contributed by atoms with Gasteiger partial charge in [-0.05, 0) is 0 Å². The Bertz CT molecular complexity index is 1270. The number of allylic oxidation sites excluding steroid dienone is 2. The first-order chi connectivity index (χ1) is 15.9. The van der Waals surface area contributed by atoms with Crippen LogP contribution in [0.5, 0.6) is 0 Å². The third kappa shape index (κ3) is 4.21. The summed E-state index contributed by atoms with van der Waals surface area (Å²) in [5, 5.41) is 3.15. The average Bonchev–Trinajstić information content (AvgIpc) is 3.48. The van der Waals surface area contributed by atoms with Gasteiger partial charge in [-0.25, -0.2) is 0 Å². The van der Waals surface area contributed by atoms with Gasteiger partial charge in [0.25, 0.3) is 0 Å². The molecule has 0 bridgehead atoms. The molecule has 4 aromatic rings. The first-order valence-electron chi connectivity index (χ1n) is 11.3. The van der Waals surface area contributed by atoms with Crippen LogP contribution in [0, 0.1) is 0 Å². The van der Waals surface area contributed by atoms with E-state index in [1.165, 1.54) is 11.1 Å². The van der Waals surface area contributed by atoms with Crippen molar-refractivity contribution in [3.05, 3.63) is 144 Å². The largest absolute Gasteiger partial charge is 1.00 e. The Morgan fingerprint density at radius 2 is 0.909 bits per heavy atom. The Morgan fingerprint density at radius 1 is 0.515 bits per heavy atom. The molecule has 0 saturated heterocycles. The summed E-state index contributed by atoms with van der Waals surface area (Å²) in [5.41, 5.74) is 5.08. The van der Waals surface area contributed by atoms with Gasteiger partial charge in [0.1, 0.15) is 0 Å². The zero-order chi connectivity index (χ0) is 21.3. The van der Waals surface area contributed by atoms with Gasteiger partial charge in [-0.1, -0.05) is 0 Å². The number of benzene rings is 4. The molecule has 4 aromatic carbocycles. The van der Waals surface area contributed by atoms with Gasteiger partial charge in [0.15, 0.2) is 0 Å². The summed E-state index contributed by atoms with van der Waals surface area (Å²) in [5.74, 6) is 0. The molecule has 0 N–H and O–H groups in total. The van der Waals surface area contributed by atoms with Crippen LogP contribution in [-0.4, -0.2) is 5.43 Å². The van der Waals surface area contributed by atoms with E-state index in [0.29, 0.717) is 7.25 Å². The molecule has 0 spiro atoms. The summed E-state index contributed by atoms with van der Waals surface area (Å²) in [6.07, 6.45) is 9.90. The zero-order valence-electron chi connectivity index (χ0n) is 19.2. The van der Waals surface area contributed by atoms with Crippen LogP contribution in [0.3, 0.4) is 0 Å². The van der Waals surface area contributed by atoms with E-state index in [4.69, 9.17) is 0 Å². The van der Waals surface area contributed by atoms with Crippen molar-refractivity contribution < 1.29 is 34.2 Å². The SMILES string of the molecule is C1=C[CH]([Zr]([CH]2C=Cc3ccccc32)=[Si](c2ccccc2)c2ccccc2)c2ccccc21.[Cl-].[H-]. The summed E-state index contributed by atoms with van der Waals surface area (Å²) in [4.78, 5) is 0. The minimum Gasteiger partial charge on any atom is -1.00 e. The second kappa shape index (κ2) is 9.94. The van der Waals surface area contributed by atoms with Crippen molar-refractivity contribution in [3.63, 3.8) is 0 Å². The molecule has 2 aliphatic rings. The third-order valence-corrected chi connectivity index (χ3v) is 27.0. The second-order valence-electron chi connectivity index (χ2n) is 8.49. The van der Waals surface area contributed by atoms with Gasteiger partial charge in [-0.3, -0.25) is 0 Å². The van der Waals surface area contributed by atoms with Crippen molar-refractivity contribution in [1.82, 2.24) is 0 Å². The Hall–Kier alpha value is -2.25.